The van der Waals surface area contributed by atoms with Crippen LogP contribution >= 0.6 is 0 Å². The van der Waals surface area contributed by atoms with Gasteiger partial charge in [0.05, 0.1) is 6.54 Å². The average Bonchev–Trinajstić information content (AvgIpc) is 2.96. The molecular weight excluding hydrogens is 245 g/mol. The van der Waals surface area contributed by atoms with E-state index in [1.165, 1.54) is 24.3 Å². The van der Waals surface area contributed by atoms with E-state index in [1.54, 1.807) is 6.92 Å². The van der Waals surface area contributed by atoms with Gasteiger partial charge in [0.25, 0.3) is 0 Å². The first-order valence-corrected chi connectivity index (χ1v) is 6.48. The summed E-state index contributed by atoms with van der Waals surface area (Å²) in [5.74, 6) is -0.327. The summed E-state index contributed by atoms with van der Waals surface area (Å²) in [6.07, 6.45) is 0.886. The Labute approximate surface area is 112 Å². The second kappa shape index (κ2) is 4.60. The zero-order chi connectivity index (χ0) is 14.3. The lowest BCUT2D eigenvalue weighted by Gasteiger charge is -2.24. The first-order valence-electron chi connectivity index (χ1n) is 6.48. The Morgan fingerprint density at radius 2 is 2.00 bits per heavy atom. The first-order chi connectivity index (χ1) is 8.72. The van der Waals surface area contributed by atoms with Gasteiger partial charge in [0.15, 0.2) is 0 Å². The average molecular weight is 265 g/mol. The van der Waals surface area contributed by atoms with Crippen molar-refractivity contribution in [3.63, 3.8) is 0 Å². The van der Waals surface area contributed by atoms with Gasteiger partial charge in [-0.25, -0.2) is 4.39 Å². The number of benzene rings is 1. The van der Waals surface area contributed by atoms with Crippen LogP contribution in [0.25, 0.3) is 0 Å². The third-order valence-electron chi connectivity index (χ3n) is 3.90. The molecule has 0 aromatic heterocycles. The van der Waals surface area contributed by atoms with Crippen LogP contribution in [0.5, 0.6) is 0 Å². The lowest BCUT2D eigenvalue weighted by molar-refractivity contribution is -0.124. The van der Waals surface area contributed by atoms with E-state index in [2.05, 4.69) is 19.2 Å². The maximum Gasteiger partial charge on any atom is 0.223 e. The molecule has 1 aromatic rings. The van der Waals surface area contributed by atoms with E-state index in [0.29, 0.717) is 5.56 Å². The van der Waals surface area contributed by atoms with Gasteiger partial charge in [0.1, 0.15) is 11.4 Å². The van der Waals surface area contributed by atoms with Crippen LogP contribution in [-0.4, -0.2) is 17.6 Å². The molecule has 0 heterocycles. The standard InChI is InChI=1S/C15H20FNO2/c1-14(2)8-12(14)13(18)17-9-15(3,19)10-4-6-11(16)7-5-10/h4-7,12,19H,8-9H2,1-3H3,(H,17,18)/t12-,15?/m1/s1. The van der Waals surface area contributed by atoms with Gasteiger partial charge in [-0.1, -0.05) is 26.0 Å². The van der Waals surface area contributed by atoms with E-state index < -0.39 is 5.60 Å². The van der Waals surface area contributed by atoms with E-state index in [9.17, 15) is 14.3 Å². The van der Waals surface area contributed by atoms with Crippen molar-refractivity contribution in [1.29, 1.82) is 0 Å². The zero-order valence-electron chi connectivity index (χ0n) is 11.5. The number of carbonyl (C=O) groups excluding carboxylic acids is 1. The van der Waals surface area contributed by atoms with Gasteiger partial charge >= 0.3 is 0 Å². The summed E-state index contributed by atoms with van der Waals surface area (Å²) in [4.78, 5) is 11.9. The molecule has 2 atom stereocenters. The molecule has 0 spiro atoms. The number of nitrogens with one attached hydrogen (secondary N) is 1. The number of rotatable bonds is 4. The van der Waals surface area contributed by atoms with Crippen LogP contribution in [0.4, 0.5) is 4.39 Å². The van der Waals surface area contributed by atoms with Gasteiger partial charge in [-0.2, -0.15) is 0 Å². The molecule has 19 heavy (non-hydrogen) atoms. The van der Waals surface area contributed by atoms with Crippen LogP contribution in [0.2, 0.25) is 0 Å². The Balaban J connectivity index is 1.94. The van der Waals surface area contributed by atoms with Crippen molar-refractivity contribution in [2.75, 3.05) is 6.54 Å². The predicted octanol–water partition coefficient (Wildman–Crippen LogP) is 2.20. The second-order valence-corrected chi connectivity index (χ2v) is 6.24. The lowest BCUT2D eigenvalue weighted by Crippen LogP contribution is -2.39. The minimum absolute atomic E-state index is 0.0209. The molecule has 0 aliphatic heterocycles. The predicted molar refractivity (Wildman–Crippen MR) is 70.9 cm³/mol. The highest BCUT2D eigenvalue weighted by atomic mass is 19.1. The van der Waals surface area contributed by atoms with Crippen molar-refractivity contribution in [2.24, 2.45) is 11.3 Å². The molecule has 2 N–H and O–H groups in total. The van der Waals surface area contributed by atoms with Crippen LogP contribution < -0.4 is 5.32 Å². The summed E-state index contributed by atoms with van der Waals surface area (Å²) >= 11 is 0. The third kappa shape index (κ3) is 3.13. The molecule has 1 saturated carbocycles. The third-order valence-corrected chi connectivity index (χ3v) is 3.90. The molecule has 1 unspecified atom stereocenters. The van der Waals surface area contributed by atoms with Gasteiger partial charge < -0.3 is 10.4 Å². The summed E-state index contributed by atoms with van der Waals surface area (Å²) in [5, 5.41) is 13.1. The Kier molecular flexibility index (Phi) is 3.39. The maximum absolute atomic E-state index is 12.8. The van der Waals surface area contributed by atoms with E-state index in [0.717, 1.165) is 6.42 Å². The van der Waals surface area contributed by atoms with E-state index in [-0.39, 0.29) is 29.6 Å². The monoisotopic (exact) mass is 265 g/mol. The lowest BCUT2D eigenvalue weighted by atomic mass is 9.96. The van der Waals surface area contributed by atoms with Gasteiger partial charge in [-0.15, -0.1) is 0 Å². The van der Waals surface area contributed by atoms with Crippen LogP contribution in [0.15, 0.2) is 24.3 Å². The van der Waals surface area contributed by atoms with Gasteiger partial charge in [-0.05, 0) is 36.5 Å². The molecule has 1 amide bonds. The molecule has 3 nitrogen and oxygen atoms in total. The largest absolute Gasteiger partial charge is 0.384 e. The van der Waals surface area contributed by atoms with E-state index in [4.69, 9.17) is 0 Å². The Hall–Kier alpha value is -1.42. The molecule has 104 valence electrons. The van der Waals surface area contributed by atoms with Crippen molar-refractivity contribution in [1.82, 2.24) is 5.32 Å². The summed E-state index contributed by atoms with van der Waals surface area (Å²) in [7, 11) is 0. The molecule has 1 aliphatic carbocycles. The summed E-state index contributed by atoms with van der Waals surface area (Å²) in [5.41, 5.74) is -0.530. The molecule has 4 heteroatoms. The number of aliphatic hydroxyl groups is 1. The topological polar surface area (TPSA) is 49.3 Å². The molecule has 0 saturated heterocycles. The summed E-state index contributed by atoms with van der Waals surface area (Å²) in [6, 6.07) is 5.66. The second-order valence-electron chi connectivity index (χ2n) is 6.24. The SMILES string of the molecule is CC(O)(CNC(=O)[C@H]1CC1(C)C)c1ccc(F)cc1. The Morgan fingerprint density at radius 1 is 1.47 bits per heavy atom. The van der Waals surface area contributed by atoms with Gasteiger partial charge in [0.2, 0.25) is 5.91 Å². The zero-order valence-corrected chi connectivity index (χ0v) is 11.5. The molecule has 0 bridgehead atoms. The van der Waals surface area contributed by atoms with Crippen LogP contribution in [0.1, 0.15) is 32.8 Å². The Bertz CT molecular complexity index is 479. The van der Waals surface area contributed by atoms with E-state index in [1.807, 2.05) is 0 Å². The van der Waals surface area contributed by atoms with Crippen molar-refractivity contribution >= 4 is 5.91 Å². The van der Waals surface area contributed by atoms with E-state index >= 15 is 0 Å². The van der Waals surface area contributed by atoms with Crippen LogP contribution in [0, 0.1) is 17.2 Å². The number of hydrogen-bond donors (Lipinski definition) is 2. The minimum atomic E-state index is -1.19. The smallest absolute Gasteiger partial charge is 0.223 e. The number of amides is 1. The molecule has 1 aromatic carbocycles. The minimum Gasteiger partial charge on any atom is -0.384 e. The normalized spacial score (nSPS) is 23.5. The highest BCUT2D eigenvalue weighted by Crippen LogP contribution is 2.51. The molecule has 1 fully saturated rings. The van der Waals surface area contributed by atoms with Crippen LogP contribution in [0.3, 0.4) is 0 Å². The Morgan fingerprint density at radius 3 is 2.47 bits per heavy atom. The molecule has 2 rings (SSSR count). The van der Waals surface area contributed by atoms with Crippen LogP contribution in [-0.2, 0) is 10.4 Å². The van der Waals surface area contributed by atoms with Crippen molar-refractivity contribution in [2.45, 2.75) is 32.8 Å². The number of halogens is 1. The van der Waals surface area contributed by atoms with Gasteiger partial charge in [0, 0.05) is 5.92 Å². The first kappa shape index (κ1) is 14.0. The summed E-state index contributed by atoms with van der Waals surface area (Å²) < 4.78 is 12.8. The highest BCUT2D eigenvalue weighted by molar-refractivity contribution is 5.82. The quantitative estimate of drug-likeness (QED) is 0.876. The maximum atomic E-state index is 12.8. The fourth-order valence-corrected chi connectivity index (χ4v) is 2.21. The van der Waals surface area contributed by atoms with Gasteiger partial charge in [-0.3, -0.25) is 4.79 Å². The number of hydrogen-bond acceptors (Lipinski definition) is 2. The highest BCUT2D eigenvalue weighted by Gasteiger charge is 2.50. The number of carbonyl (C=O) groups is 1. The van der Waals surface area contributed by atoms with Crippen molar-refractivity contribution in [3.8, 4) is 0 Å². The molecule has 1 aliphatic rings. The van der Waals surface area contributed by atoms with Crippen molar-refractivity contribution < 1.29 is 14.3 Å². The molecule has 0 radical (unpaired) electrons. The van der Waals surface area contributed by atoms with Crippen molar-refractivity contribution in [3.05, 3.63) is 35.6 Å². The molecular formula is C15H20FNO2. The fourth-order valence-electron chi connectivity index (χ4n) is 2.21. The fraction of sp³-hybridized carbons (Fsp3) is 0.533. The summed E-state index contributed by atoms with van der Waals surface area (Å²) in [6.45, 7) is 5.84.